The Morgan fingerprint density at radius 2 is 1.83 bits per heavy atom. The van der Waals surface area contributed by atoms with Gasteiger partial charge >= 0.3 is 6.18 Å². The molecule has 4 nitrogen and oxygen atoms in total. The molecule has 3 aromatic rings. The highest BCUT2D eigenvalue weighted by atomic mass is 19.4. The number of furan rings is 1. The van der Waals surface area contributed by atoms with Crippen molar-refractivity contribution < 1.29 is 27.1 Å². The summed E-state index contributed by atoms with van der Waals surface area (Å²) in [4.78, 5) is 12.3. The second-order valence-corrected chi connectivity index (χ2v) is 6.84. The fourth-order valence-electron chi connectivity index (χ4n) is 3.39. The highest BCUT2D eigenvalue weighted by molar-refractivity contribution is 6.02. The lowest BCUT2D eigenvalue weighted by molar-refractivity contribution is -0.136. The lowest BCUT2D eigenvalue weighted by atomic mass is 10.1. The minimum atomic E-state index is -4.57. The van der Waals surface area contributed by atoms with Gasteiger partial charge in [0.1, 0.15) is 18.1 Å². The van der Waals surface area contributed by atoms with Gasteiger partial charge in [0.15, 0.2) is 5.76 Å². The predicted molar refractivity (Wildman–Crippen MR) is 101 cm³/mol. The molecule has 1 N–H and O–H groups in total. The molecular formula is C22H18F3NO3. The van der Waals surface area contributed by atoms with E-state index in [0.29, 0.717) is 11.5 Å². The van der Waals surface area contributed by atoms with Gasteiger partial charge in [-0.1, -0.05) is 18.2 Å². The first kappa shape index (κ1) is 19.1. The Hall–Kier alpha value is -3.22. The van der Waals surface area contributed by atoms with Crippen LogP contribution in [-0.4, -0.2) is 5.91 Å². The third kappa shape index (κ3) is 4.29. The molecule has 1 aliphatic rings. The van der Waals surface area contributed by atoms with E-state index in [2.05, 4.69) is 11.4 Å². The Labute approximate surface area is 165 Å². The van der Waals surface area contributed by atoms with Gasteiger partial charge in [-0.2, -0.15) is 13.2 Å². The largest absolute Gasteiger partial charge is 0.486 e. The van der Waals surface area contributed by atoms with E-state index in [1.807, 2.05) is 12.1 Å². The number of aryl methyl sites for hydroxylation is 2. The topological polar surface area (TPSA) is 51.5 Å². The summed E-state index contributed by atoms with van der Waals surface area (Å²) in [6, 6.07) is 13.7. The van der Waals surface area contributed by atoms with E-state index in [1.54, 1.807) is 6.07 Å². The van der Waals surface area contributed by atoms with Gasteiger partial charge in [-0.05, 0) is 66.8 Å². The molecule has 0 bridgehead atoms. The standard InChI is InChI=1S/C22H18F3NO3/c23-22(24,25)18-6-1-2-7-19(18)26-21(27)20-11-10-17(29-20)13-28-16-9-8-14-4-3-5-15(14)12-16/h1-2,6-12H,3-5,13H2,(H,26,27). The van der Waals surface area contributed by atoms with Crippen molar-refractivity contribution in [1.82, 2.24) is 0 Å². The molecule has 7 heteroatoms. The summed E-state index contributed by atoms with van der Waals surface area (Å²) in [5.41, 5.74) is 1.39. The molecule has 0 unspecified atom stereocenters. The molecule has 1 aliphatic carbocycles. The Morgan fingerprint density at radius 3 is 2.66 bits per heavy atom. The molecule has 1 amide bonds. The van der Waals surface area contributed by atoms with Crippen LogP contribution in [0.2, 0.25) is 0 Å². The maximum Gasteiger partial charge on any atom is 0.418 e. The van der Waals surface area contributed by atoms with Crippen LogP contribution in [0.3, 0.4) is 0 Å². The van der Waals surface area contributed by atoms with Gasteiger partial charge in [-0.3, -0.25) is 4.79 Å². The number of halogens is 3. The molecule has 0 radical (unpaired) electrons. The number of amides is 1. The minimum absolute atomic E-state index is 0.0884. The first-order valence-electron chi connectivity index (χ1n) is 9.21. The summed E-state index contributed by atoms with van der Waals surface area (Å²) in [5.74, 6) is 0.270. The molecule has 1 heterocycles. The number of ether oxygens (including phenoxy) is 1. The quantitative estimate of drug-likeness (QED) is 0.604. The molecule has 1 aromatic heterocycles. The number of nitrogens with one attached hydrogen (secondary N) is 1. The van der Waals surface area contributed by atoms with Crippen LogP contribution in [0.15, 0.2) is 59.0 Å². The van der Waals surface area contributed by atoms with E-state index in [4.69, 9.17) is 9.15 Å². The summed E-state index contributed by atoms with van der Waals surface area (Å²) in [6.07, 6.45) is -1.30. The third-order valence-corrected chi connectivity index (χ3v) is 4.82. The van der Waals surface area contributed by atoms with Crippen LogP contribution in [0.5, 0.6) is 5.75 Å². The molecule has 0 spiro atoms. The van der Waals surface area contributed by atoms with Crippen LogP contribution >= 0.6 is 0 Å². The van der Waals surface area contributed by atoms with Crippen molar-refractivity contribution in [2.45, 2.75) is 32.0 Å². The van der Waals surface area contributed by atoms with Crippen molar-refractivity contribution in [3.05, 3.63) is 82.8 Å². The van der Waals surface area contributed by atoms with Crippen LogP contribution in [0.25, 0.3) is 0 Å². The molecule has 0 atom stereocenters. The van der Waals surface area contributed by atoms with Crippen LogP contribution in [0, 0.1) is 0 Å². The third-order valence-electron chi connectivity index (χ3n) is 4.82. The number of hydrogen-bond donors (Lipinski definition) is 1. The lowest BCUT2D eigenvalue weighted by Gasteiger charge is -2.12. The van der Waals surface area contributed by atoms with Crippen molar-refractivity contribution in [2.24, 2.45) is 0 Å². The van der Waals surface area contributed by atoms with E-state index < -0.39 is 17.6 Å². The zero-order valence-corrected chi connectivity index (χ0v) is 15.4. The number of alkyl halides is 3. The van der Waals surface area contributed by atoms with Gasteiger partial charge in [0.2, 0.25) is 0 Å². The van der Waals surface area contributed by atoms with Crippen LogP contribution in [-0.2, 0) is 25.6 Å². The fourth-order valence-corrected chi connectivity index (χ4v) is 3.39. The molecule has 0 saturated heterocycles. The number of benzene rings is 2. The van der Waals surface area contributed by atoms with Crippen molar-refractivity contribution >= 4 is 11.6 Å². The van der Waals surface area contributed by atoms with E-state index in [0.717, 1.165) is 25.3 Å². The second kappa shape index (κ2) is 7.66. The highest BCUT2D eigenvalue weighted by Gasteiger charge is 2.33. The van der Waals surface area contributed by atoms with Crippen molar-refractivity contribution in [2.75, 3.05) is 5.32 Å². The van der Waals surface area contributed by atoms with E-state index in [1.165, 1.54) is 35.4 Å². The van der Waals surface area contributed by atoms with Gasteiger partial charge in [-0.25, -0.2) is 0 Å². The van der Waals surface area contributed by atoms with Crippen molar-refractivity contribution in [3.63, 3.8) is 0 Å². The SMILES string of the molecule is O=C(Nc1ccccc1C(F)(F)F)c1ccc(COc2ccc3c(c2)CCC3)o1. The van der Waals surface area contributed by atoms with Gasteiger partial charge in [-0.15, -0.1) is 0 Å². The molecule has 0 aliphatic heterocycles. The predicted octanol–water partition coefficient (Wildman–Crippen LogP) is 5.62. The average molecular weight is 401 g/mol. The number of fused-ring (bicyclic) bond motifs is 1. The summed E-state index contributed by atoms with van der Waals surface area (Å²) < 4.78 is 50.3. The maximum absolute atomic E-state index is 13.1. The second-order valence-electron chi connectivity index (χ2n) is 6.84. The van der Waals surface area contributed by atoms with Crippen molar-refractivity contribution in [3.8, 4) is 5.75 Å². The number of hydrogen-bond acceptors (Lipinski definition) is 3. The highest BCUT2D eigenvalue weighted by Crippen LogP contribution is 2.34. The average Bonchev–Trinajstić information content (AvgIpc) is 3.35. The van der Waals surface area contributed by atoms with Gasteiger partial charge in [0.25, 0.3) is 5.91 Å². The molecule has 0 saturated carbocycles. The number of carbonyl (C=O) groups excluding carboxylic acids is 1. The summed E-state index contributed by atoms with van der Waals surface area (Å²) in [7, 11) is 0. The summed E-state index contributed by atoms with van der Waals surface area (Å²) >= 11 is 0. The molecule has 150 valence electrons. The zero-order valence-electron chi connectivity index (χ0n) is 15.4. The molecule has 4 rings (SSSR count). The van der Waals surface area contributed by atoms with Crippen LogP contribution < -0.4 is 10.1 Å². The molecular weight excluding hydrogens is 383 g/mol. The van der Waals surface area contributed by atoms with Crippen LogP contribution in [0.4, 0.5) is 18.9 Å². The monoisotopic (exact) mass is 401 g/mol. The van der Waals surface area contributed by atoms with E-state index in [9.17, 15) is 18.0 Å². The van der Waals surface area contributed by atoms with E-state index in [-0.39, 0.29) is 18.1 Å². The first-order valence-corrected chi connectivity index (χ1v) is 9.21. The Morgan fingerprint density at radius 1 is 1.03 bits per heavy atom. The van der Waals surface area contributed by atoms with Crippen molar-refractivity contribution in [1.29, 1.82) is 0 Å². The maximum atomic E-state index is 13.1. The number of rotatable bonds is 5. The summed E-state index contributed by atoms with van der Waals surface area (Å²) in [5, 5.41) is 2.26. The Bertz CT molecular complexity index is 1040. The zero-order chi connectivity index (χ0) is 20.4. The lowest BCUT2D eigenvalue weighted by Crippen LogP contribution is -2.16. The number of carbonyl (C=O) groups is 1. The molecule has 29 heavy (non-hydrogen) atoms. The van der Waals surface area contributed by atoms with Crippen LogP contribution in [0.1, 0.15) is 39.4 Å². The fraction of sp³-hybridized carbons (Fsp3) is 0.227. The smallest absolute Gasteiger partial charge is 0.418 e. The normalized spacial score (nSPS) is 13.2. The Kier molecular flexibility index (Phi) is 5.05. The van der Waals surface area contributed by atoms with Gasteiger partial charge in [0, 0.05) is 0 Å². The first-order chi connectivity index (χ1) is 13.9. The Balaban J connectivity index is 1.41. The van der Waals surface area contributed by atoms with Gasteiger partial charge in [0.05, 0.1) is 11.3 Å². The number of para-hydroxylation sites is 1. The molecule has 0 fully saturated rings. The molecule has 2 aromatic carbocycles. The summed E-state index contributed by atoms with van der Waals surface area (Å²) in [6.45, 7) is 0.116. The van der Waals surface area contributed by atoms with Gasteiger partial charge < -0.3 is 14.5 Å². The minimum Gasteiger partial charge on any atom is -0.486 e. The number of anilines is 1. The van der Waals surface area contributed by atoms with E-state index >= 15 is 0 Å².